The number of rotatable bonds is 6. The molecule has 0 radical (unpaired) electrons. The summed E-state index contributed by atoms with van der Waals surface area (Å²) in [6.07, 6.45) is 2.73. The third kappa shape index (κ3) is 3.78. The number of hydrazine groups is 1. The molecule has 128 valence electrons. The maximum Gasteiger partial charge on any atom is 0.305 e. The minimum atomic E-state index is -0.453. The monoisotopic (exact) mass is 340 g/mol. The summed E-state index contributed by atoms with van der Waals surface area (Å²) >= 11 is 0. The Balaban J connectivity index is 1.72. The molecule has 0 saturated carbocycles. The molecule has 9 heteroatoms. The number of benzene rings is 1. The number of anilines is 4. The van der Waals surface area contributed by atoms with Gasteiger partial charge in [0.25, 0.3) is 0 Å². The van der Waals surface area contributed by atoms with E-state index >= 15 is 0 Å². The van der Waals surface area contributed by atoms with Crippen LogP contribution in [-0.2, 0) is 0 Å². The van der Waals surface area contributed by atoms with Crippen molar-refractivity contribution in [3.8, 4) is 5.75 Å². The highest BCUT2D eigenvalue weighted by Crippen LogP contribution is 2.26. The highest BCUT2D eigenvalue weighted by Gasteiger charge is 2.12. The number of aromatic nitrogens is 2. The molecule has 0 atom stereocenters. The van der Waals surface area contributed by atoms with Gasteiger partial charge in [0, 0.05) is 11.8 Å². The minimum Gasteiger partial charge on any atom is -0.497 e. The van der Waals surface area contributed by atoms with Crippen molar-refractivity contribution in [3.63, 3.8) is 0 Å². The van der Waals surface area contributed by atoms with E-state index in [0.717, 1.165) is 5.69 Å². The standard InChI is InChI=1S/C16H16N6O3/c1-24-11-5-2-4-10(8-11)20-14-13(17)15(19-9-18-14)21-22-16(23)12-6-3-7-25-12/h2-9H,17H2,1H3,(H,22,23)(H2,18,19,20,21). The molecule has 3 aromatic rings. The van der Waals surface area contributed by atoms with Gasteiger partial charge in [-0.2, -0.15) is 0 Å². The number of hydrogen-bond acceptors (Lipinski definition) is 8. The van der Waals surface area contributed by atoms with Crippen molar-refractivity contribution < 1.29 is 13.9 Å². The first kappa shape index (κ1) is 16.1. The summed E-state index contributed by atoms with van der Waals surface area (Å²) in [4.78, 5) is 20.0. The van der Waals surface area contributed by atoms with E-state index in [2.05, 4.69) is 26.1 Å². The van der Waals surface area contributed by atoms with Crippen molar-refractivity contribution in [1.82, 2.24) is 15.4 Å². The van der Waals surface area contributed by atoms with E-state index in [-0.39, 0.29) is 17.3 Å². The molecular weight excluding hydrogens is 324 g/mol. The van der Waals surface area contributed by atoms with Crippen LogP contribution in [-0.4, -0.2) is 23.0 Å². The Hall–Kier alpha value is -3.75. The second-order valence-corrected chi connectivity index (χ2v) is 4.90. The number of amides is 1. The summed E-state index contributed by atoms with van der Waals surface area (Å²) in [6.45, 7) is 0. The molecule has 0 bridgehead atoms. The number of carbonyl (C=O) groups is 1. The number of nitrogen functional groups attached to an aromatic ring is 1. The van der Waals surface area contributed by atoms with E-state index in [1.54, 1.807) is 19.2 Å². The summed E-state index contributed by atoms with van der Waals surface area (Å²) in [5.74, 6) is 1.04. The van der Waals surface area contributed by atoms with Crippen molar-refractivity contribution in [1.29, 1.82) is 0 Å². The maximum absolute atomic E-state index is 11.9. The van der Waals surface area contributed by atoms with Crippen LogP contribution in [0, 0.1) is 0 Å². The molecule has 2 aromatic heterocycles. The van der Waals surface area contributed by atoms with Gasteiger partial charge in [0.15, 0.2) is 17.4 Å². The van der Waals surface area contributed by atoms with Gasteiger partial charge in [0.1, 0.15) is 17.8 Å². The van der Waals surface area contributed by atoms with Crippen LogP contribution in [0.3, 0.4) is 0 Å². The number of carbonyl (C=O) groups excluding carboxylic acids is 1. The second-order valence-electron chi connectivity index (χ2n) is 4.90. The van der Waals surface area contributed by atoms with E-state index in [4.69, 9.17) is 14.9 Å². The summed E-state index contributed by atoms with van der Waals surface area (Å²) in [7, 11) is 1.59. The first-order valence-electron chi connectivity index (χ1n) is 7.29. The molecule has 1 aromatic carbocycles. The van der Waals surface area contributed by atoms with E-state index in [9.17, 15) is 4.79 Å². The van der Waals surface area contributed by atoms with Crippen LogP contribution in [0.4, 0.5) is 23.0 Å². The molecule has 0 fully saturated rings. The average molecular weight is 340 g/mol. The second kappa shape index (κ2) is 7.21. The van der Waals surface area contributed by atoms with Crippen LogP contribution in [0.2, 0.25) is 0 Å². The zero-order valence-corrected chi connectivity index (χ0v) is 13.3. The molecule has 3 rings (SSSR count). The van der Waals surface area contributed by atoms with Gasteiger partial charge in [0.05, 0.1) is 13.4 Å². The Morgan fingerprint density at radius 3 is 2.80 bits per heavy atom. The molecule has 0 aliphatic rings. The summed E-state index contributed by atoms with van der Waals surface area (Å²) in [5.41, 5.74) is 12.1. The molecular formula is C16H16N6O3. The fourth-order valence-corrected chi connectivity index (χ4v) is 2.02. The summed E-state index contributed by atoms with van der Waals surface area (Å²) in [5, 5.41) is 3.08. The molecule has 0 saturated heterocycles. The van der Waals surface area contributed by atoms with E-state index in [1.807, 2.05) is 18.2 Å². The number of nitrogens with one attached hydrogen (secondary N) is 3. The Bertz CT molecular complexity index is 866. The zero-order chi connectivity index (χ0) is 17.6. The molecule has 0 aliphatic carbocycles. The van der Waals surface area contributed by atoms with E-state index < -0.39 is 5.91 Å². The number of ether oxygens (including phenoxy) is 1. The molecule has 0 unspecified atom stereocenters. The van der Waals surface area contributed by atoms with Crippen LogP contribution in [0.5, 0.6) is 5.75 Å². The summed E-state index contributed by atoms with van der Waals surface area (Å²) in [6, 6.07) is 10.5. The number of nitrogens with two attached hydrogens (primary N) is 1. The van der Waals surface area contributed by atoms with Crippen LogP contribution in [0.15, 0.2) is 53.4 Å². The zero-order valence-electron chi connectivity index (χ0n) is 13.3. The van der Waals surface area contributed by atoms with E-state index in [0.29, 0.717) is 11.6 Å². The van der Waals surface area contributed by atoms with Crippen molar-refractivity contribution in [3.05, 3.63) is 54.7 Å². The maximum atomic E-state index is 11.9. The molecule has 5 N–H and O–H groups in total. The van der Waals surface area contributed by atoms with Crippen LogP contribution >= 0.6 is 0 Å². The molecule has 9 nitrogen and oxygen atoms in total. The van der Waals surface area contributed by atoms with Gasteiger partial charge >= 0.3 is 5.91 Å². The lowest BCUT2D eigenvalue weighted by Gasteiger charge is -2.13. The fourth-order valence-electron chi connectivity index (χ4n) is 2.02. The largest absolute Gasteiger partial charge is 0.497 e. The van der Waals surface area contributed by atoms with Gasteiger partial charge in [-0.1, -0.05) is 6.07 Å². The number of methoxy groups -OCH3 is 1. The van der Waals surface area contributed by atoms with Gasteiger partial charge in [-0.25, -0.2) is 9.97 Å². The first-order chi connectivity index (χ1) is 12.2. The number of furan rings is 1. The fraction of sp³-hybridized carbons (Fsp3) is 0.0625. The quantitative estimate of drug-likeness (QED) is 0.503. The highest BCUT2D eigenvalue weighted by molar-refractivity contribution is 5.92. The Labute approximate surface area is 143 Å². The Kier molecular flexibility index (Phi) is 4.65. The van der Waals surface area contributed by atoms with Gasteiger partial charge in [0.2, 0.25) is 0 Å². The molecule has 2 heterocycles. The molecule has 0 aliphatic heterocycles. The third-order valence-electron chi connectivity index (χ3n) is 3.26. The van der Waals surface area contributed by atoms with Gasteiger partial charge in [-0.3, -0.25) is 15.6 Å². The topological polar surface area (TPSA) is 127 Å². The van der Waals surface area contributed by atoms with Crippen LogP contribution in [0.25, 0.3) is 0 Å². The number of nitrogens with zero attached hydrogens (tertiary/aromatic N) is 2. The normalized spacial score (nSPS) is 10.1. The Morgan fingerprint density at radius 1 is 1.20 bits per heavy atom. The van der Waals surface area contributed by atoms with Crippen LogP contribution in [0.1, 0.15) is 10.6 Å². The first-order valence-corrected chi connectivity index (χ1v) is 7.29. The molecule has 25 heavy (non-hydrogen) atoms. The van der Waals surface area contributed by atoms with Gasteiger partial charge in [-0.05, 0) is 24.3 Å². The van der Waals surface area contributed by atoms with Gasteiger partial charge < -0.3 is 20.2 Å². The highest BCUT2D eigenvalue weighted by atomic mass is 16.5. The predicted molar refractivity (Wildman–Crippen MR) is 92.5 cm³/mol. The van der Waals surface area contributed by atoms with E-state index in [1.165, 1.54) is 18.7 Å². The van der Waals surface area contributed by atoms with Crippen molar-refractivity contribution in [2.24, 2.45) is 0 Å². The predicted octanol–water partition coefficient (Wildman–Crippen LogP) is 2.16. The molecule has 1 amide bonds. The minimum absolute atomic E-state index is 0.162. The van der Waals surface area contributed by atoms with Crippen molar-refractivity contribution in [2.75, 3.05) is 23.6 Å². The lowest BCUT2D eigenvalue weighted by Crippen LogP contribution is -2.30. The molecule has 0 spiro atoms. The SMILES string of the molecule is COc1cccc(Nc2ncnc(NNC(=O)c3ccco3)c2N)c1. The van der Waals surface area contributed by atoms with Crippen LogP contribution < -0.4 is 26.6 Å². The lowest BCUT2D eigenvalue weighted by atomic mass is 10.3. The third-order valence-corrected chi connectivity index (χ3v) is 3.26. The average Bonchev–Trinajstić information content (AvgIpc) is 3.17. The van der Waals surface area contributed by atoms with Crippen molar-refractivity contribution >= 4 is 28.9 Å². The van der Waals surface area contributed by atoms with Gasteiger partial charge in [-0.15, -0.1) is 0 Å². The smallest absolute Gasteiger partial charge is 0.305 e. The van der Waals surface area contributed by atoms with Crippen molar-refractivity contribution in [2.45, 2.75) is 0 Å². The number of hydrogen-bond donors (Lipinski definition) is 4. The lowest BCUT2D eigenvalue weighted by molar-refractivity contribution is 0.0935. The summed E-state index contributed by atoms with van der Waals surface area (Å²) < 4.78 is 10.2. The Morgan fingerprint density at radius 2 is 2.04 bits per heavy atom.